The smallest absolute Gasteiger partial charge is 0.160 e. The molecule has 0 aliphatic heterocycles. The van der Waals surface area contributed by atoms with Crippen LogP contribution in [0.1, 0.15) is 21.3 Å². The number of aldehydes is 1. The molecule has 1 aromatic heterocycles. The molecule has 1 heterocycles. The molecule has 0 radical (unpaired) electrons. The van der Waals surface area contributed by atoms with Crippen molar-refractivity contribution in [3.05, 3.63) is 21.9 Å². The first-order valence-electron chi connectivity index (χ1n) is 3.64. The van der Waals surface area contributed by atoms with Gasteiger partial charge < -0.3 is 10.2 Å². The number of carbonyl (C=O) groups is 1. The second-order valence-corrected chi connectivity index (χ2v) is 3.82. The predicted molar refractivity (Wildman–Crippen MR) is 51.4 cm³/mol. The third-order valence-electron chi connectivity index (χ3n) is 1.62. The number of rotatable bonds is 4. The molecule has 1 rings (SSSR count). The molecule has 72 valence electrons. The van der Waals surface area contributed by atoms with Crippen molar-refractivity contribution in [1.29, 1.82) is 0 Å². The van der Waals surface area contributed by atoms with Gasteiger partial charge in [0.1, 0.15) is 6.10 Å². The van der Waals surface area contributed by atoms with Crippen LogP contribution in [0, 0.1) is 0 Å². The Balaban J connectivity index is 2.76. The van der Waals surface area contributed by atoms with Crippen LogP contribution in [0.15, 0.2) is 11.4 Å². The summed E-state index contributed by atoms with van der Waals surface area (Å²) in [6.45, 7) is 0. The van der Waals surface area contributed by atoms with E-state index in [9.17, 15) is 15.0 Å². The van der Waals surface area contributed by atoms with Crippen molar-refractivity contribution in [2.75, 3.05) is 5.88 Å². The van der Waals surface area contributed by atoms with E-state index in [0.717, 1.165) is 0 Å². The Bertz CT molecular complexity index is 287. The van der Waals surface area contributed by atoms with E-state index in [2.05, 4.69) is 0 Å². The molecular formula is C8H9ClO3S. The summed E-state index contributed by atoms with van der Waals surface area (Å²) in [7, 11) is 0. The highest BCUT2D eigenvalue weighted by Gasteiger charge is 2.18. The highest BCUT2D eigenvalue weighted by molar-refractivity contribution is 7.11. The van der Waals surface area contributed by atoms with Gasteiger partial charge in [0.2, 0.25) is 0 Å². The van der Waals surface area contributed by atoms with Crippen molar-refractivity contribution in [2.24, 2.45) is 0 Å². The minimum atomic E-state index is -1.01. The molecule has 0 amide bonds. The standard InChI is InChI=1S/C8H9ClO3S/c9-2-7(11)8(12)5-1-6(3-10)13-4-5/h1,3-4,7-8,11-12H,2H2. The molecule has 0 bridgehead atoms. The number of alkyl halides is 1. The van der Waals surface area contributed by atoms with Crippen LogP contribution in [0.2, 0.25) is 0 Å². The van der Waals surface area contributed by atoms with Gasteiger partial charge in [0.05, 0.1) is 16.9 Å². The maximum absolute atomic E-state index is 10.3. The molecule has 0 fully saturated rings. The lowest BCUT2D eigenvalue weighted by Crippen LogP contribution is -2.19. The van der Waals surface area contributed by atoms with Crippen molar-refractivity contribution >= 4 is 29.2 Å². The number of hydrogen-bond donors (Lipinski definition) is 2. The number of halogens is 1. The summed E-state index contributed by atoms with van der Waals surface area (Å²) < 4.78 is 0. The van der Waals surface area contributed by atoms with Gasteiger partial charge in [-0.2, -0.15) is 0 Å². The second kappa shape index (κ2) is 4.72. The first-order chi connectivity index (χ1) is 6.19. The Labute approximate surface area is 84.6 Å². The van der Waals surface area contributed by atoms with E-state index in [1.165, 1.54) is 17.4 Å². The zero-order valence-electron chi connectivity index (χ0n) is 6.68. The Morgan fingerprint density at radius 3 is 2.77 bits per heavy atom. The van der Waals surface area contributed by atoms with Gasteiger partial charge in [-0.1, -0.05) is 0 Å². The van der Waals surface area contributed by atoms with Gasteiger partial charge in [0, 0.05) is 0 Å². The molecule has 0 saturated carbocycles. The van der Waals surface area contributed by atoms with Crippen LogP contribution in [0.5, 0.6) is 0 Å². The fraction of sp³-hybridized carbons (Fsp3) is 0.375. The molecule has 2 atom stereocenters. The van der Waals surface area contributed by atoms with E-state index >= 15 is 0 Å². The maximum atomic E-state index is 10.3. The number of aliphatic hydroxyl groups is 2. The van der Waals surface area contributed by atoms with Crippen LogP contribution in [-0.2, 0) is 0 Å². The molecule has 5 heteroatoms. The molecule has 2 unspecified atom stereocenters. The minimum absolute atomic E-state index is 0.0343. The lowest BCUT2D eigenvalue weighted by atomic mass is 10.1. The molecule has 2 N–H and O–H groups in total. The lowest BCUT2D eigenvalue weighted by Gasteiger charge is -2.13. The molecule has 0 saturated heterocycles. The lowest BCUT2D eigenvalue weighted by molar-refractivity contribution is 0.0330. The highest BCUT2D eigenvalue weighted by Crippen LogP contribution is 2.22. The van der Waals surface area contributed by atoms with Crippen molar-refractivity contribution in [3.63, 3.8) is 0 Å². The summed E-state index contributed by atoms with van der Waals surface area (Å²) in [6, 6.07) is 1.54. The van der Waals surface area contributed by atoms with E-state index < -0.39 is 12.2 Å². The van der Waals surface area contributed by atoms with Crippen LogP contribution in [0.4, 0.5) is 0 Å². The molecule has 0 aromatic carbocycles. The molecule has 0 aliphatic carbocycles. The van der Waals surface area contributed by atoms with Crippen LogP contribution in [0.25, 0.3) is 0 Å². The van der Waals surface area contributed by atoms with Crippen LogP contribution in [-0.4, -0.2) is 28.5 Å². The monoisotopic (exact) mass is 220 g/mol. The Morgan fingerprint density at radius 2 is 2.31 bits per heavy atom. The number of thiophene rings is 1. The summed E-state index contributed by atoms with van der Waals surface area (Å²) in [5.41, 5.74) is 0.528. The minimum Gasteiger partial charge on any atom is -0.389 e. The topological polar surface area (TPSA) is 57.5 Å². The van der Waals surface area contributed by atoms with Crippen molar-refractivity contribution in [2.45, 2.75) is 12.2 Å². The van der Waals surface area contributed by atoms with E-state index in [0.29, 0.717) is 16.7 Å². The number of carbonyl (C=O) groups excluding carboxylic acids is 1. The third kappa shape index (κ3) is 2.51. The summed E-state index contributed by atoms with van der Waals surface area (Å²) in [6.07, 6.45) is -1.30. The highest BCUT2D eigenvalue weighted by atomic mass is 35.5. The van der Waals surface area contributed by atoms with E-state index in [1.807, 2.05) is 0 Å². The average Bonchev–Trinajstić information content (AvgIpc) is 2.63. The normalized spacial score (nSPS) is 15.3. The van der Waals surface area contributed by atoms with Gasteiger partial charge >= 0.3 is 0 Å². The van der Waals surface area contributed by atoms with E-state index in [1.54, 1.807) is 5.38 Å². The van der Waals surface area contributed by atoms with Gasteiger partial charge in [-0.15, -0.1) is 22.9 Å². The Morgan fingerprint density at radius 1 is 1.62 bits per heavy atom. The molecule has 0 spiro atoms. The van der Waals surface area contributed by atoms with Gasteiger partial charge in [0.15, 0.2) is 6.29 Å². The van der Waals surface area contributed by atoms with Gasteiger partial charge in [-0.05, 0) is 17.0 Å². The summed E-state index contributed by atoms with van der Waals surface area (Å²) in [4.78, 5) is 10.8. The molecule has 0 aliphatic rings. The Hall–Kier alpha value is -0.420. The second-order valence-electron chi connectivity index (χ2n) is 2.57. The van der Waals surface area contributed by atoms with E-state index in [4.69, 9.17) is 11.6 Å². The van der Waals surface area contributed by atoms with Crippen LogP contribution < -0.4 is 0 Å². The largest absolute Gasteiger partial charge is 0.389 e. The van der Waals surface area contributed by atoms with Gasteiger partial charge in [-0.25, -0.2) is 0 Å². The van der Waals surface area contributed by atoms with Crippen LogP contribution in [0.3, 0.4) is 0 Å². The quantitative estimate of drug-likeness (QED) is 0.592. The third-order valence-corrected chi connectivity index (χ3v) is 2.81. The fourth-order valence-electron chi connectivity index (χ4n) is 0.892. The van der Waals surface area contributed by atoms with Crippen LogP contribution >= 0.6 is 22.9 Å². The van der Waals surface area contributed by atoms with Gasteiger partial charge in [-0.3, -0.25) is 4.79 Å². The van der Waals surface area contributed by atoms with Crippen molar-refractivity contribution < 1.29 is 15.0 Å². The van der Waals surface area contributed by atoms with Gasteiger partial charge in [0.25, 0.3) is 0 Å². The summed E-state index contributed by atoms with van der Waals surface area (Å²) >= 11 is 6.58. The molecule has 13 heavy (non-hydrogen) atoms. The first kappa shape index (κ1) is 10.7. The number of aliphatic hydroxyl groups excluding tert-OH is 2. The predicted octanol–water partition coefficient (Wildman–Crippen LogP) is 1.19. The molecular weight excluding hydrogens is 212 g/mol. The summed E-state index contributed by atoms with van der Waals surface area (Å²) in [5.74, 6) is -0.0343. The first-order valence-corrected chi connectivity index (χ1v) is 5.06. The molecule has 1 aromatic rings. The number of hydrogen-bond acceptors (Lipinski definition) is 4. The Kier molecular flexibility index (Phi) is 3.87. The van der Waals surface area contributed by atoms with Crippen molar-refractivity contribution in [3.8, 4) is 0 Å². The zero-order chi connectivity index (χ0) is 9.84. The van der Waals surface area contributed by atoms with Crippen molar-refractivity contribution in [1.82, 2.24) is 0 Å². The maximum Gasteiger partial charge on any atom is 0.160 e. The average molecular weight is 221 g/mol. The zero-order valence-corrected chi connectivity index (χ0v) is 8.26. The fourth-order valence-corrected chi connectivity index (χ4v) is 1.80. The summed E-state index contributed by atoms with van der Waals surface area (Å²) in [5, 5.41) is 20.3. The SMILES string of the molecule is O=Cc1cc(C(O)C(O)CCl)cs1. The molecule has 3 nitrogen and oxygen atoms in total. The van der Waals surface area contributed by atoms with E-state index in [-0.39, 0.29) is 5.88 Å².